The topological polar surface area (TPSA) is 12.5 Å². The summed E-state index contributed by atoms with van der Waals surface area (Å²) in [5.74, 6) is 0.967. The molecule has 1 aliphatic carbocycles. The minimum atomic E-state index is 0.806. The highest BCUT2D eigenvalue weighted by Crippen LogP contribution is 2.20. The maximum absolute atomic E-state index is 5.67. The molecule has 0 amide bonds. The van der Waals surface area contributed by atoms with Crippen molar-refractivity contribution < 1.29 is 4.74 Å². The molecular weight excluding hydrogens is 174 g/mol. The van der Waals surface area contributed by atoms with Crippen molar-refractivity contribution in [2.24, 2.45) is 0 Å². The molecule has 14 heavy (non-hydrogen) atoms. The van der Waals surface area contributed by atoms with E-state index in [2.05, 4.69) is 17.7 Å². The Balaban J connectivity index is 2.40. The summed E-state index contributed by atoms with van der Waals surface area (Å²) < 4.78 is 5.67. The molecule has 2 rings (SSSR count). The number of ether oxygens (including phenoxy) is 1. The Morgan fingerprint density at radius 3 is 3.14 bits per heavy atom. The summed E-state index contributed by atoms with van der Waals surface area (Å²) >= 11 is 0. The average molecular weight is 189 g/mol. The van der Waals surface area contributed by atoms with E-state index in [1.54, 1.807) is 0 Å². The fourth-order valence-corrected chi connectivity index (χ4v) is 1.61. The first-order valence-electron chi connectivity index (χ1n) is 4.97. The minimum absolute atomic E-state index is 0.806. The van der Waals surface area contributed by atoms with Gasteiger partial charge in [0.1, 0.15) is 5.76 Å². The highest BCUT2D eigenvalue weighted by Gasteiger charge is 2.13. The third kappa shape index (κ3) is 1.75. The second-order valence-electron chi connectivity index (χ2n) is 3.68. The molecule has 1 heterocycles. The monoisotopic (exact) mass is 189 g/mol. The van der Waals surface area contributed by atoms with Crippen LogP contribution in [-0.2, 0) is 4.74 Å². The van der Waals surface area contributed by atoms with Crippen molar-refractivity contribution >= 4 is 0 Å². The largest absolute Gasteiger partial charge is 0.491 e. The molecule has 0 fully saturated rings. The van der Waals surface area contributed by atoms with Crippen LogP contribution >= 0.6 is 0 Å². The van der Waals surface area contributed by atoms with Crippen LogP contribution in [0.3, 0.4) is 0 Å². The summed E-state index contributed by atoms with van der Waals surface area (Å²) in [6, 6.07) is 0. The molecule has 0 aromatic carbocycles. The van der Waals surface area contributed by atoms with Crippen LogP contribution in [0.5, 0.6) is 0 Å². The molecular formula is C12H15NO. The molecule has 0 aromatic heterocycles. The summed E-state index contributed by atoms with van der Waals surface area (Å²) in [4.78, 5) is 2.22. The lowest BCUT2D eigenvalue weighted by Crippen LogP contribution is -2.17. The maximum atomic E-state index is 5.67. The molecule has 0 unspecified atom stereocenters. The molecule has 2 nitrogen and oxygen atoms in total. The van der Waals surface area contributed by atoms with E-state index in [9.17, 15) is 0 Å². The van der Waals surface area contributed by atoms with Crippen LogP contribution < -0.4 is 0 Å². The molecule has 2 heteroatoms. The Morgan fingerprint density at radius 1 is 1.43 bits per heavy atom. The lowest BCUT2D eigenvalue weighted by molar-refractivity contribution is 0.226. The Hall–Kier alpha value is -1.40. The van der Waals surface area contributed by atoms with Gasteiger partial charge in [-0.25, -0.2) is 0 Å². The molecule has 0 atom stereocenters. The molecule has 2 aliphatic rings. The molecule has 0 saturated heterocycles. The van der Waals surface area contributed by atoms with Crippen LogP contribution in [0.2, 0.25) is 0 Å². The van der Waals surface area contributed by atoms with Gasteiger partial charge < -0.3 is 9.64 Å². The van der Waals surface area contributed by atoms with Crippen LogP contribution in [-0.4, -0.2) is 25.1 Å². The third-order valence-corrected chi connectivity index (χ3v) is 2.48. The quantitative estimate of drug-likeness (QED) is 0.542. The van der Waals surface area contributed by atoms with Gasteiger partial charge in [-0.15, -0.1) is 5.73 Å². The van der Waals surface area contributed by atoms with Gasteiger partial charge in [0, 0.05) is 19.7 Å². The van der Waals surface area contributed by atoms with Gasteiger partial charge in [0.25, 0.3) is 0 Å². The highest BCUT2D eigenvalue weighted by molar-refractivity contribution is 5.36. The fraction of sp³-hybridized carbons (Fsp3) is 0.417. The lowest BCUT2D eigenvalue weighted by atomic mass is 10.3. The van der Waals surface area contributed by atoms with E-state index in [1.807, 2.05) is 25.2 Å². The van der Waals surface area contributed by atoms with E-state index in [0.29, 0.717) is 0 Å². The van der Waals surface area contributed by atoms with Crippen LogP contribution in [0, 0.1) is 0 Å². The molecule has 0 aromatic rings. The first kappa shape index (κ1) is 9.17. The molecule has 0 spiro atoms. The smallest absolute Gasteiger partial charge is 0.143 e. The molecule has 74 valence electrons. The van der Waals surface area contributed by atoms with E-state index < -0.39 is 0 Å². The molecule has 1 aliphatic heterocycles. The van der Waals surface area contributed by atoms with E-state index in [1.165, 1.54) is 0 Å². The van der Waals surface area contributed by atoms with Gasteiger partial charge in [-0.3, -0.25) is 0 Å². The standard InChI is InChI=1S/C12H15NO/c1-10-4-6-11-12(7-5-10)14-9-3-8-13(11)2/h5-7H,3,8-9H2,1-2H3. The van der Waals surface area contributed by atoms with Crippen molar-refractivity contribution in [2.45, 2.75) is 13.3 Å². The first-order chi connectivity index (χ1) is 6.77. The van der Waals surface area contributed by atoms with E-state index in [0.717, 1.165) is 36.6 Å². The Labute approximate surface area is 84.9 Å². The summed E-state index contributed by atoms with van der Waals surface area (Å²) in [7, 11) is 2.09. The van der Waals surface area contributed by atoms with E-state index in [-0.39, 0.29) is 0 Å². The van der Waals surface area contributed by atoms with Crippen molar-refractivity contribution in [1.29, 1.82) is 0 Å². The molecule has 0 saturated carbocycles. The van der Waals surface area contributed by atoms with Gasteiger partial charge in [0.2, 0.25) is 0 Å². The van der Waals surface area contributed by atoms with Gasteiger partial charge in [-0.05, 0) is 31.1 Å². The zero-order valence-corrected chi connectivity index (χ0v) is 8.71. The van der Waals surface area contributed by atoms with Gasteiger partial charge in [-0.2, -0.15) is 0 Å². The molecule has 0 bridgehead atoms. The Kier molecular flexibility index (Phi) is 2.47. The second kappa shape index (κ2) is 3.77. The number of nitrogens with zero attached hydrogens (tertiary/aromatic N) is 1. The second-order valence-corrected chi connectivity index (χ2v) is 3.68. The van der Waals surface area contributed by atoms with Crippen LogP contribution in [0.15, 0.2) is 41.0 Å². The molecule has 0 N–H and O–H groups in total. The van der Waals surface area contributed by atoms with Gasteiger partial charge in [0.05, 0.1) is 12.3 Å². The van der Waals surface area contributed by atoms with Crippen molar-refractivity contribution in [3.05, 3.63) is 41.0 Å². The van der Waals surface area contributed by atoms with E-state index in [4.69, 9.17) is 4.74 Å². The minimum Gasteiger partial charge on any atom is -0.491 e. The van der Waals surface area contributed by atoms with Crippen molar-refractivity contribution in [2.75, 3.05) is 20.2 Å². The van der Waals surface area contributed by atoms with E-state index >= 15 is 0 Å². The zero-order chi connectivity index (χ0) is 9.97. The van der Waals surface area contributed by atoms with Gasteiger partial charge >= 0.3 is 0 Å². The summed E-state index contributed by atoms with van der Waals surface area (Å²) in [5, 5.41) is 0. The zero-order valence-electron chi connectivity index (χ0n) is 8.71. The van der Waals surface area contributed by atoms with Crippen molar-refractivity contribution in [3.63, 3.8) is 0 Å². The normalized spacial score (nSPS) is 21.0. The Morgan fingerprint density at radius 2 is 2.29 bits per heavy atom. The van der Waals surface area contributed by atoms with Crippen LogP contribution in [0.25, 0.3) is 0 Å². The number of allylic oxidation sites excluding steroid dienone is 3. The first-order valence-corrected chi connectivity index (χ1v) is 4.97. The SMILES string of the molecule is CC1=C=CC2=C(C=C1)OCCCN2C. The summed E-state index contributed by atoms with van der Waals surface area (Å²) in [6.45, 7) is 3.89. The van der Waals surface area contributed by atoms with Gasteiger partial charge in [0.15, 0.2) is 0 Å². The number of hydrogen-bond acceptors (Lipinski definition) is 2. The van der Waals surface area contributed by atoms with Gasteiger partial charge in [-0.1, -0.05) is 0 Å². The number of hydrogen-bond donors (Lipinski definition) is 0. The van der Waals surface area contributed by atoms with Crippen molar-refractivity contribution in [1.82, 2.24) is 4.90 Å². The fourth-order valence-electron chi connectivity index (χ4n) is 1.61. The number of rotatable bonds is 0. The highest BCUT2D eigenvalue weighted by atomic mass is 16.5. The average Bonchev–Trinajstić information content (AvgIpc) is 2.44. The van der Waals surface area contributed by atoms with Crippen LogP contribution in [0.4, 0.5) is 0 Å². The predicted octanol–water partition coefficient (Wildman–Crippen LogP) is 2.22. The number of likely N-dealkylation sites (N-methyl/N-ethyl adjacent to an activating group) is 1. The lowest BCUT2D eigenvalue weighted by Gasteiger charge is -2.17. The predicted molar refractivity (Wildman–Crippen MR) is 56.6 cm³/mol. The molecule has 0 radical (unpaired) electrons. The third-order valence-electron chi connectivity index (χ3n) is 2.48. The summed E-state index contributed by atoms with van der Waals surface area (Å²) in [6.07, 6.45) is 7.16. The maximum Gasteiger partial charge on any atom is 0.143 e. The summed E-state index contributed by atoms with van der Waals surface area (Å²) in [5.41, 5.74) is 5.50. The Bertz CT molecular complexity index is 357. The van der Waals surface area contributed by atoms with Crippen molar-refractivity contribution in [3.8, 4) is 0 Å². The van der Waals surface area contributed by atoms with Crippen LogP contribution in [0.1, 0.15) is 13.3 Å².